The Kier molecular flexibility index (Phi) is 5.26. The zero-order valence-electron chi connectivity index (χ0n) is 11.5. The van der Waals surface area contributed by atoms with Crippen molar-refractivity contribution in [1.29, 1.82) is 0 Å². The molecule has 1 aromatic carbocycles. The van der Waals surface area contributed by atoms with Gasteiger partial charge in [0.15, 0.2) is 0 Å². The van der Waals surface area contributed by atoms with Gasteiger partial charge in [-0.25, -0.2) is 0 Å². The topological polar surface area (TPSA) is 90.2 Å². The fourth-order valence-electron chi connectivity index (χ4n) is 1.94. The van der Waals surface area contributed by atoms with Gasteiger partial charge in [-0.1, -0.05) is 17.3 Å². The second-order valence-corrected chi connectivity index (χ2v) is 5.34. The lowest BCUT2D eigenvalue weighted by atomic mass is 10.1. The number of nitrogens with zero attached hydrogens (tertiary/aromatic N) is 2. The van der Waals surface area contributed by atoms with E-state index in [1.165, 1.54) is 16.2 Å². The molecule has 6 nitrogen and oxygen atoms in total. The molecule has 2 rings (SSSR count). The van der Waals surface area contributed by atoms with Crippen LogP contribution in [0.1, 0.15) is 18.4 Å². The lowest BCUT2D eigenvalue weighted by Gasteiger charge is -2.15. The molecule has 0 spiro atoms. The molecule has 0 unspecified atom stereocenters. The Morgan fingerprint density at radius 2 is 1.95 bits per heavy atom. The number of carbonyl (C=O) groups is 2. The summed E-state index contributed by atoms with van der Waals surface area (Å²) in [5.74, 6) is -0.956. The van der Waals surface area contributed by atoms with E-state index in [2.05, 4.69) is 5.16 Å². The second-order valence-electron chi connectivity index (χ2n) is 4.41. The number of amides is 1. The first-order chi connectivity index (χ1) is 10.7. The molecule has 0 atom stereocenters. The fourth-order valence-corrected chi connectivity index (χ4v) is 2.65. The van der Waals surface area contributed by atoms with Crippen LogP contribution in [0.2, 0.25) is 0 Å². The van der Waals surface area contributed by atoms with Crippen molar-refractivity contribution >= 4 is 40.1 Å². The number of carbonyl (C=O) groups excluding carboxylic acids is 1. The third-order valence-electron chi connectivity index (χ3n) is 3.02. The monoisotopic (exact) mass is 318 g/mol. The molecular formula is C15H14N2O4S. The average Bonchev–Trinajstić information content (AvgIpc) is 3.04. The van der Waals surface area contributed by atoms with Crippen LogP contribution in [0.4, 0.5) is 10.7 Å². The number of hydrogen-bond acceptors (Lipinski definition) is 5. The van der Waals surface area contributed by atoms with Crippen LogP contribution in [0.3, 0.4) is 0 Å². The number of aliphatic carboxylic acids is 1. The van der Waals surface area contributed by atoms with Gasteiger partial charge < -0.3 is 10.3 Å². The molecule has 0 saturated heterocycles. The van der Waals surface area contributed by atoms with E-state index in [0.717, 1.165) is 11.4 Å². The van der Waals surface area contributed by atoms with Crippen LogP contribution in [0.5, 0.6) is 0 Å². The first-order valence-corrected chi connectivity index (χ1v) is 7.35. The van der Waals surface area contributed by atoms with Crippen LogP contribution in [-0.2, 0) is 9.59 Å². The van der Waals surface area contributed by atoms with Crippen LogP contribution < -0.4 is 4.90 Å². The van der Waals surface area contributed by atoms with Gasteiger partial charge in [-0.3, -0.25) is 14.5 Å². The summed E-state index contributed by atoms with van der Waals surface area (Å²) in [7, 11) is 0. The minimum absolute atomic E-state index is 0.114. The molecule has 1 aromatic heterocycles. The summed E-state index contributed by atoms with van der Waals surface area (Å²) < 4.78 is 0. The molecular weight excluding hydrogens is 304 g/mol. The van der Waals surface area contributed by atoms with Crippen molar-refractivity contribution in [2.45, 2.75) is 12.8 Å². The summed E-state index contributed by atoms with van der Waals surface area (Å²) in [5.41, 5.74) is 1.59. The molecule has 1 heterocycles. The Morgan fingerprint density at radius 3 is 2.45 bits per heavy atom. The number of benzene rings is 1. The maximum absolute atomic E-state index is 11.3. The van der Waals surface area contributed by atoms with Crippen molar-refractivity contribution in [3.05, 3.63) is 47.3 Å². The quantitative estimate of drug-likeness (QED) is 0.355. The van der Waals surface area contributed by atoms with E-state index in [4.69, 9.17) is 10.3 Å². The molecule has 0 aliphatic carbocycles. The number of thiophene rings is 1. The summed E-state index contributed by atoms with van der Waals surface area (Å²) in [6, 6.07) is 10.5. The number of hydrogen-bond donors (Lipinski definition) is 2. The molecule has 2 N–H and O–H groups in total. The Labute approximate surface area is 130 Å². The van der Waals surface area contributed by atoms with Gasteiger partial charge in [0.25, 0.3) is 0 Å². The van der Waals surface area contributed by atoms with Crippen LogP contribution >= 0.6 is 11.3 Å². The highest BCUT2D eigenvalue weighted by Gasteiger charge is 2.11. The first kappa shape index (κ1) is 15.7. The van der Waals surface area contributed by atoms with E-state index in [1.54, 1.807) is 24.3 Å². The van der Waals surface area contributed by atoms with E-state index < -0.39 is 5.97 Å². The van der Waals surface area contributed by atoms with Crippen molar-refractivity contribution in [2.75, 3.05) is 4.90 Å². The van der Waals surface area contributed by atoms with Crippen LogP contribution in [-0.4, -0.2) is 28.4 Å². The van der Waals surface area contributed by atoms with E-state index in [9.17, 15) is 9.59 Å². The largest absolute Gasteiger partial charge is 0.481 e. The van der Waals surface area contributed by atoms with E-state index in [0.29, 0.717) is 17.0 Å². The molecule has 0 aliphatic rings. The van der Waals surface area contributed by atoms with Crippen molar-refractivity contribution in [1.82, 2.24) is 0 Å². The van der Waals surface area contributed by atoms with Gasteiger partial charge in [0, 0.05) is 12.1 Å². The number of oxime groups is 1. The molecule has 0 radical (unpaired) electrons. The number of carboxylic acid groups (broad SMARTS) is 1. The molecule has 0 saturated carbocycles. The van der Waals surface area contributed by atoms with Crippen molar-refractivity contribution < 1.29 is 19.9 Å². The normalized spacial score (nSPS) is 11.2. The Balaban J connectivity index is 2.18. The van der Waals surface area contributed by atoms with Crippen LogP contribution in [0.25, 0.3) is 0 Å². The minimum atomic E-state index is -0.956. The molecule has 7 heteroatoms. The van der Waals surface area contributed by atoms with E-state index in [1.807, 2.05) is 17.5 Å². The Morgan fingerprint density at radius 1 is 1.23 bits per heavy atom. The standard InChI is InChI=1S/C15H14N2O4S/c18-10-17(14-2-1-9-22-14)12-5-3-11(4-6-12)13(16-21)7-8-15(19)20/h1-6,9-10,21H,7-8H2,(H,19,20). The van der Waals surface area contributed by atoms with E-state index in [-0.39, 0.29) is 12.8 Å². The highest BCUT2D eigenvalue weighted by atomic mass is 32.1. The first-order valence-electron chi connectivity index (χ1n) is 6.47. The van der Waals surface area contributed by atoms with E-state index >= 15 is 0 Å². The lowest BCUT2D eigenvalue weighted by Crippen LogP contribution is -2.13. The molecule has 22 heavy (non-hydrogen) atoms. The molecule has 0 aliphatic heterocycles. The third-order valence-corrected chi connectivity index (χ3v) is 3.89. The van der Waals surface area contributed by atoms with Gasteiger partial charge in [-0.05, 0) is 35.2 Å². The van der Waals surface area contributed by atoms with Gasteiger partial charge in [0.05, 0.1) is 12.1 Å². The molecule has 114 valence electrons. The summed E-state index contributed by atoms with van der Waals surface area (Å²) >= 11 is 1.44. The molecule has 0 bridgehead atoms. The second kappa shape index (κ2) is 7.37. The van der Waals surface area contributed by atoms with Crippen LogP contribution in [0.15, 0.2) is 46.9 Å². The number of anilines is 2. The third kappa shape index (κ3) is 3.70. The summed E-state index contributed by atoms with van der Waals surface area (Å²) in [6.07, 6.45) is 0.747. The maximum atomic E-state index is 11.3. The van der Waals surface area contributed by atoms with Gasteiger partial charge >= 0.3 is 5.97 Å². The van der Waals surface area contributed by atoms with Crippen molar-refractivity contribution in [3.8, 4) is 0 Å². The Bertz CT molecular complexity index is 665. The summed E-state index contributed by atoms with van der Waals surface area (Å²) in [6.45, 7) is 0. The molecule has 1 amide bonds. The maximum Gasteiger partial charge on any atom is 0.303 e. The van der Waals surface area contributed by atoms with Crippen molar-refractivity contribution in [3.63, 3.8) is 0 Å². The summed E-state index contributed by atoms with van der Waals surface area (Å²) in [5, 5.41) is 23.5. The smallest absolute Gasteiger partial charge is 0.303 e. The SMILES string of the molecule is O=CN(c1ccc(C(CCC(=O)O)=NO)cc1)c1cccs1. The zero-order valence-corrected chi connectivity index (χ0v) is 12.4. The summed E-state index contributed by atoms with van der Waals surface area (Å²) in [4.78, 5) is 23.3. The van der Waals surface area contributed by atoms with Gasteiger partial charge in [-0.2, -0.15) is 0 Å². The number of carboxylic acids is 1. The molecule has 0 fully saturated rings. The predicted octanol–water partition coefficient (Wildman–Crippen LogP) is 3.09. The zero-order chi connectivity index (χ0) is 15.9. The fraction of sp³-hybridized carbons (Fsp3) is 0.133. The van der Waals surface area contributed by atoms with Crippen molar-refractivity contribution in [2.24, 2.45) is 5.16 Å². The van der Waals surface area contributed by atoms with Crippen LogP contribution in [0, 0.1) is 0 Å². The lowest BCUT2D eigenvalue weighted by molar-refractivity contribution is -0.136. The Hall–Kier alpha value is -2.67. The molecule has 2 aromatic rings. The highest BCUT2D eigenvalue weighted by Crippen LogP contribution is 2.28. The van der Waals surface area contributed by atoms with Gasteiger partial charge in [0.2, 0.25) is 6.41 Å². The minimum Gasteiger partial charge on any atom is -0.481 e. The van der Waals surface area contributed by atoms with Gasteiger partial charge in [-0.15, -0.1) is 11.3 Å². The highest BCUT2D eigenvalue weighted by molar-refractivity contribution is 7.14. The average molecular weight is 318 g/mol. The predicted molar refractivity (Wildman–Crippen MR) is 84.2 cm³/mol. The number of rotatable bonds is 7. The van der Waals surface area contributed by atoms with Gasteiger partial charge in [0.1, 0.15) is 5.00 Å².